The predicted molar refractivity (Wildman–Crippen MR) is 91.3 cm³/mol. The molecule has 2 aromatic rings. The normalized spacial score (nSPS) is 17.6. The molecule has 24 heavy (non-hydrogen) atoms. The number of aromatic nitrogens is 2. The van der Waals surface area contributed by atoms with Gasteiger partial charge in [-0.1, -0.05) is 6.07 Å². The lowest BCUT2D eigenvalue weighted by atomic mass is 10.1. The highest BCUT2D eigenvalue weighted by molar-refractivity contribution is 7.93. The Balaban J connectivity index is 1.70. The first-order valence-electron chi connectivity index (χ1n) is 7.83. The largest absolute Gasteiger partial charge is 0.348 e. The van der Waals surface area contributed by atoms with Crippen LogP contribution >= 0.6 is 0 Å². The maximum atomic E-state index is 12.4. The van der Waals surface area contributed by atoms with Crippen molar-refractivity contribution >= 4 is 21.6 Å². The average Bonchev–Trinajstić information content (AvgIpc) is 3.16. The van der Waals surface area contributed by atoms with Crippen LogP contribution in [0.2, 0.25) is 0 Å². The molecule has 7 nitrogen and oxygen atoms in total. The van der Waals surface area contributed by atoms with Crippen molar-refractivity contribution in [1.82, 2.24) is 14.9 Å². The lowest BCUT2D eigenvalue weighted by molar-refractivity contribution is 0.0936. The summed E-state index contributed by atoms with van der Waals surface area (Å²) in [5, 5.41) is 2.92. The summed E-state index contributed by atoms with van der Waals surface area (Å²) >= 11 is 0. The number of carbonyl (C=O) groups is 1. The van der Waals surface area contributed by atoms with Crippen LogP contribution in [0.5, 0.6) is 0 Å². The van der Waals surface area contributed by atoms with Gasteiger partial charge in [0.2, 0.25) is 10.0 Å². The number of hydrogen-bond donors (Lipinski definition) is 1. The molecule has 1 fully saturated rings. The summed E-state index contributed by atoms with van der Waals surface area (Å²) in [6, 6.07) is 6.66. The van der Waals surface area contributed by atoms with Crippen molar-refractivity contribution in [2.45, 2.75) is 25.9 Å². The first kappa shape index (κ1) is 16.5. The van der Waals surface area contributed by atoms with Gasteiger partial charge < -0.3 is 9.88 Å². The standard InChI is InChI=1S/C16H20N4O3S/c1-13(11-19-8-6-17-12-19)18-16(21)14-4-2-5-15(10-14)20-7-3-9-24(20,22)23/h2,4-6,8,10,12-13H,3,7,9,11H2,1H3,(H,18,21)/t13-/m0/s1. The summed E-state index contributed by atoms with van der Waals surface area (Å²) in [6.07, 6.45) is 5.83. The number of anilines is 1. The first-order chi connectivity index (χ1) is 11.5. The Morgan fingerprint density at radius 1 is 1.42 bits per heavy atom. The van der Waals surface area contributed by atoms with E-state index in [1.165, 1.54) is 4.31 Å². The summed E-state index contributed by atoms with van der Waals surface area (Å²) in [7, 11) is -3.25. The maximum absolute atomic E-state index is 12.4. The van der Waals surface area contributed by atoms with Gasteiger partial charge in [-0.3, -0.25) is 9.10 Å². The fourth-order valence-electron chi connectivity index (χ4n) is 2.80. The molecule has 1 saturated heterocycles. The lowest BCUT2D eigenvalue weighted by Gasteiger charge is -2.18. The number of nitrogens with zero attached hydrogens (tertiary/aromatic N) is 3. The Labute approximate surface area is 141 Å². The molecule has 0 bridgehead atoms. The van der Waals surface area contributed by atoms with Gasteiger partial charge in [-0.05, 0) is 31.5 Å². The summed E-state index contributed by atoms with van der Waals surface area (Å²) in [5.74, 6) is -0.0631. The third-order valence-corrected chi connectivity index (χ3v) is 5.79. The Bertz CT molecular complexity index is 818. The summed E-state index contributed by atoms with van der Waals surface area (Å²) in [4.78, 5) is 16.4. The molecule has 0 unspecified atom stereocenters. The van der Waals surface area contributed by atoms with Crippen LogP contribution in [0, 0.1) is 0 Å². The predicted octanol–water partition coefficient (Wildman–Crippen LogP) is 1.24. The molecule has 1 N–H and O–H groups in total. The molecule has 1 aromatic carbocycles. The Kier molecular flexibility index (Phi) is 4.57. The van der Waals surface area contributed by atoms with E-state index in [2.05, 4.69) is 10.3 Å². The minimum atomic E-state index is -3.25. The minimum Gasteiger partial charge on any atom is -0.348 e. The third-order valence-electron chi connectivity index (χ3n) is 3.92. The van der Waals surface area contributed by atoms with E-state index in [1.54, 1.807) is 36.8 Å². The van der Waals surface area contributed by atoms with Crippen molar-refractivity contribution in [3.05, 3.63) is 48.5 Å². The fourth-order valence-corrected chi connectivity index (χ4v) is 4.35. The maximum Gasteiger partial charge on any atom is 0.251 e. The SMILES string of the molecule is C[C@@H](Cn1ccnc1)NC(=O)c1cccc(N2CCCS2(=O)=O)c1. The molecule has 0 spiro atoms. The number of rotatable bonds is 5. The van der Waals surface area contributed by atoms with Crippen LogP contribution in [0.1, 0.15) is 23.7 Å². The van der Waals surface area contributed by atoms with E-state index in [4.69, 9.17) is 0 Å². The van der Waals surface area contributed by atoms with Crippen LogP contribution in [0.4, 0.5) is 5.69 Å². The van der Waals surface area contributed by atoms with Crippen LogP contribution in [0.15, 0.2) is 43.0 Å². The number of benzene rings is 1. The van der Waals surface area contributed by atoms with E-state index in [1.807, 2.05) is 17.7 Å². The number of carbonyl (C=O) groups excluding carboxylic acids is 1. The van der Waals surface area contributed by atoms with Gasteiger partial charge in [0, 0.05) is 37.1 Å². The molecule has 8 heteroatoms. The van der Waals surface area contributed by atoms with Gasteiger partial charge in [-0.15, -0.1) is 0 Å². The second-order valence-electron chi connectivity index (χ2n) is 5.93. The first-order valence-corrected chi connectivity index (χ1v) is 9.44. The van der Waals surface area contributed by atoms with E-state index in [0.717, 1.165) is 0 Å². The number of nitrogens with one attached hydrogen (secondary N) is 1. The molecule has 1 atom stereocenters. The Hall–Kier alpha value is -2.35. The van der Waals surface area contributed by atoms with Crippen LogP contribution in [0.3, 0.4) is 0 Å². The second-order valence-corrected chi connectivity index (χ2v) is 7.94. The second kappa shape index (κ2) is 6.64. The number of hydrogen-bond acceptors (Lipinski definition) is 4. The van der Waals surface area contributed by atoms with Crippen LogP contribution < -0.4 is 9.62 Å². The Morgan fingerprint density at radius 2 is 2.25 bits per heavy atom. The molecular formula is C16H20N4O3S. The lowest BCUT2D eigenvalue weighted by Crippen LogP contribution is -2.35. The van der Waals surface area contributed by atoms with Crippen molar-refractivity contribution in [2.75, 3.05) is 16.6 Å². The summed E-state index contributed by atoms with van der Waals surface area (Å²) in [6.45, 7) is 2.99. The van der Waals surface area contributed by atoms with E-state index in [0.29, 0.717) is 30.8 Å². The van der Waals surface area contributed by atoms with Crippen LogP contribution in [-0.4, -0.2) is 42.2 Å². The zero-order chi connectivity index (χ0) is 17.2. The quantitative estimate of drug-likeness (QED) is 0.881. The van der Waals surface area contributed by atoms with Gasteiger partial charge in [-0.25, -0.2) is 13.4 Å². The molecule has 0 radical (unpaired) electrons. The minimum absolute atomic E-state index is 0.0779. The molecule has 3 rings (SSSR count). The van der Waals surface area contributed by atoms with Gasteiger partial charge >= 0.3 is 0 Å². The van der Waals surface area contributed by atoms with Crippen LogP contribution in [-0.2, 0) is 16.6 Å². The van der Waals surface area contributed by atoms with Gasteiger partial charge in [0.05, 0.1) is 17.8 Å². The number of amides is 1. The molecule has 128 valence electrons. The molecule has 1 aromatic heterocycles. The monoisotopic (exact) mass is 348 g/mol. The van der Waals surface area contributed by atoms with Crippen molar-refractivity contribution in [3.63, 3.8) is 0 Å². The van der Waals surface area contributed by atoms with Crippen molar-refractivity contribution in [1.29, 1.82) is 0 Å². The van der Waals surface area contributed by atoms with Gasteiger partial charge in [0.15, 0.2) is 0 Å². The molecule has 0 saturated carbocycles. The van der Waals surface area contributed by atoms with Crippen molar-refractivity contribution in [3.8, 4) is 0 Å². The number of sulfonamides is 1. The van der Waals surface area contributed by atoms with Crippen molar-refractivity contribution < 1.29 is 13.2 Å². The smallest absolute Gasteiger partial charge is 0.251 e. The molecule has 2 heterocycles. The van der Waals surface area contributed by atoms with Crippen LogP contribution in [0.25, 0.3) is 0 Å². The van der Waals surface area contributed by atoms with Gasteiger partial charge in [0.1, 0.15) is 0 Å². The average molecular weight is 348 g/mol. The van der Waals surface area contributed by atoms with Gasteiger partial charge in [0.25, 0.3) is 5.91 Å². The zero-order valence-electron chi connectivity index (χ0n) is 13.4. The molecular weight excluding hydrogens is 328 g/mol. The molecule has 0 aliphatic carbocycles. The third kappa shape index (κ3) is 3.59. The zero-order valence-corrected chi connectivity index (χ0v) is 14.2. The van der Waals surface area contributed by atoms with Gasteiger partial charge in [-0.2, -0.15) is 0 Å². The molecule has 1 aliphatic heterocycles. The van der Waals surface area contributed by atoms with E-state index >= 15 is 0 Å². The molecule has 1 amide bonds. The van der Waals surface area contributed by atoms with E-state index < -0.39 is 10.0 Å². The van der Waals surface area contributed by atoms with E-state index in [9.17, 15) is 13.2 Å². The van der Waals surface area contributed by atoms with Crippen molar-refractivity contribution in [2.24, 2.45) is 0 Å². The molecule has 1 aliphatic rings. The number of imidazole rings is 1. The highest BCUT2D eigenvalue weighted by Gasteiger charge is 2.28. The highest BCUT2D eigenvalue weighted by atomic mass is 32.2. The summed E-state index contributed by atoms with van der Waals surface area (Å²) < 4.78 is 27.3. The highest BCUT2D eigenvalue weighted by Crippen LogP contribution is 2.24. The Morgan fingerprint density at radius 3 is 2.92 bits per heavy atom. The topological polar surface area (TPSA) is 84.3 Å². The summed E-state index contributed by atoms with van der Waals surface area (Å²) in [5.41, 5.74) is 0.995. The van der Waals surface area contributed by atoms with E-state index in [-0.39, 0.29) is 17.7 Å². The fraction of sp³-hybridized carbons (Fsp3) is 0.375.